The summed E-state index contributed by atoms with van der Waals surface area (Å²) < 4.78 is 0. The highest BCUT2D eigenvalue weighted by Crippen LogP contribution is 2.10. The van der Waals surface area contributed by atoms with Crippen LogP contribution < -0.4 is 55.0 Å². The van der Waals surface area contributed by atoms with Crippen LogP contribution in [0.1, 0.15) is 79.6 Å². The minimum absolute atomic E-state index is 0.00847. The lowest BCUT2D eigenvalue weighted by Crippen LogP contribution is -2.58. The molecule has 0 aromatic rings. The molecule has 0 unspecified atom stereocenters. The number of primary amides is 1. The molecule has 14 N–H and O–H groups in total. The molecule has 0 rings (SSSR count). The second-order valence-corrected chi connectivity index (χ2v) is 12.9. The fourth-order valence-electron chi connectivity index (χ4n) is 4.56. The third kappa shape index (κ3) is 21.4. The van der Waals surface area contributed by atoms with Crippen LogP contribution >= 0.6 is 0 Å². The first-order chi connectivity index (χ1) is 23.9. The molecule has 0 saturated heterocycles. The quantitative estimate of drug-likeness (QED) is 0.0105. The van der Waals surface area contributed by atoms with Crippen LogP contribution in [-0.4, -0.2) is 109 Å². The molecule has 20 heteroatoms. The van der Waals surface area contributed by atoms with E-state index in [9.17, 15) is 43.5 Å². The van der Waals surface area contributed by atoms with Gasteiger partial charge in [-0.1, -0.05) is 34.6 Å². The molecule has 0 bridgehead atoms. The zero-order valence-corrected chi connectivity index (χ0v) is 30.1. The predicted molar refractivity (Wildman–Crippen MR) is 184 cm³/mol. The van der Waals surface area contributed by atoms with Crippen molar-refractivity contribution in [2.45, 2.75) is 116 Å². The fourth-order valence-corrected chi connectivity index (χ4v) is 4.56. The maximum atomic E-state index is 13.4. The molecule has 292 valence electrons. The molecular weight excluding hydrogens is 672 g/mol. The van der Waals surface area contributed by atoms with Crippen molar-refractivity contribution in [3.05, 3.63) is 0 Å². The summed E-state index contributed by atoms with van der Waals surface area (Å²) in [5.41, 5.74) is 29.2. The Labute approximate surface area is 298 Å². The number of hydrazine groups is 2. The summed E-state index contributed by atoms with van der Waals surface area (Å²) in [6, 6.07) is -5.96. The number of carbonyl (C=O) groups excluding carboxylic acids is 7. The second kappa shape index (κ2) is 26.2. The maximum Gasteiger partial charge on any atom is 0.305 e. The minimum atomic E-state index is -1.40. The number of carboxylic acid groups (broad SMARTS) is 1. The van der Waals surface area contributed by atoms with Gasteiger partial charge in [0.15, 0.2) is 0 Å². The summed E-state index contributed by atoms with van der Waals surface area (Å²) in [6.07, 6.45) is -0.0901. The average Bonchev–Trinajstić information content (AvgIpc) is 3.04. The van der Waals surface area contributed by atoms with Gasteiger partial charge in [0.1, 0.15) is 24.7 Å². The van der Waals surface area contributed by atoms with E-state index in [0.717, 1.165) is 0 Å². The summed E-state index contributed by atoms with van der Waals surface area (Å²) >= 11 is 0. The summed E-state index contributed by atoms with van der Waals surface area (Å²) in [7, 11) is 0. The van der Waals surface area contributed by atoms with Gasteiger partial charge < -0.3 is 37.3 Å². The number of hydrogen-bond donors (Lipinski definition) is 11. The highest BCUT2D eigenvalue weighted by molar-refractivity contribution is 6.41. The number of carboxylic acids is 1. The molecule has 0 saturated carbocycles. The van der Waals surface area contributed by atoms with Crippen LogP contribution in [0.15, 0.2) is 0 Å². The van der Waals surface area contributed by atoms with Gasteiger partial charge in [0.2, 0.25) is 34.9 Å². The van der Waals surface area contributed by atoms with Crippen LogP contribution in [0.25, 0.3) is 0 Å². The number of aliphatic carboxylic acids is 1. The lowest BCUT2D eigenvalue weighted by molar-refractivity contribution is -0.143. The number of nitrogens with two attached hydrogens (primary N) is 3. The van der Waals surface area contributed by atoms with Gasteiger partial charge in [-0.3, -0.25) is 38.9 Å². The van der Waals surface area contributed by atoms with Gasteiger partial charge in [-0.15, -0.1) is 0 Å². The smallest absolute Gasteiger partial charge is 0.305 e. The summed E-state index contributed by atoms with van der Waals surface area (Å²) in [5, 5.41) is 14.3. The summed E-state index contributed by atoms with van der Waals surface area (Å²) in [5.74, 6) is -7.11. The van der Waals surface area contributed by atoms with Gasteiger partial charge in [-0.05, 0) is 50.5 Å². The molecule has 5 atom stereocenters. The highest BCUT2D eigenvalue weighted by Gasteiger charge is 2.34. The maximum absolute atomic E-state index is 13.4. The Morgan fingerprint density at radius 3 is 1.90 bits per heavy atom. The van der Waals surface area contributed by atoms with E-state index in [-0.39, 0.29) is 44.2 Å². The Hall–Kier alpha value is -3.60. The van der Waals surface area contributed by atoms with Crippen LogP contribution in [0.3, 0.4) is 0 Å². The van der Waals surface area contributed by atoms with Gasteiger partial charge in [0.05, 0.1) is 44.1 Å². The number of aldehydes is 1. The van der Waals surface area contributed by atoms with Crippen molar-refractivity contribution in [1.82, 2.24) is 37.8 Å². The second-order valence-electron chi connectivity index (χ2n) is 12.9. The molecule has 51 heavy (non-hydrogen) atoms. The predicted octanol–water partition coefficient (Wildman–Crippen LogP) is -3.45. The largest absolute Gasteiger partial charge is 0.481 e. The molecule has 0 radical (unpaired) electrons. The minimum Gasteiger partial charge on any atom is -0.481 e. The van der Waals surface area contributed by atoms with Crippen molar-refractivity contribution in [2.24, 2.45) is 29.0 Å². The molecule has 0 aliphatic rings. The molecule has 0 aromatic heterocycles. The van der Waals surface area contributed by atoms with E-state index in [1.54, 1.807) is 13.8 Å². The van der Waals surface area contributed by atoms with Gasteiger partial charge in [-0.25, -0.2) is 21.7 Å². The van der Waals surface area contributed by atoms with Crippen molar-refractivity contribution in [3.8, 4) is 0 Å². The lowest BCUT2D eigenvalue weighted by Gasteiger charge is -2.25. The van der Waals surface area contributed by atoms with Crippen molar-refractivity contribution < 1.29 is 48.3 Å². The van der Waals surface area contributed by atoms with E-state index in [1.165, 1.54) is 0 Å². The van der Waals surface area contributed by atoms with E-state index in [2.05, 4.69) is 37.8 Å². The number of hydroxylamine groups is 1. The number of Topliss-reactive ketones (excluding diaryl/α,β-unsaturated/α-hetero) is 4. The normalized spacial score (nSPS) is 14.5. The number of rotatable bonds is 32. The number of ketones is 4. The van der Waals surface area contributed by atoms with Gasteiger partial charge >= 0.3 is 5.97 Å². The number of carbonyl (C=O) groups is 8. The monoisotopic (exact) mass is 730 g/mol. The summed E-state index contributed by atoms with van der Waals surface area (Å²) in [6.45, 7) is 8.78. The van der Waals surface area contributed by atoms with Crippen LogP contribution in [0, 0.1) is 11.8 Å². The molecular formula is C31H58N10O10. The van der Waals surface area contributed by atoms with E-state index < -0.39 is 96.8 Å². The zero-order valence-electron chi connectivity index (χ0n) is 30.1. The first-order valence-electron chi connectivity index (χ1n) is 16.9. The van der Waals surface area contributed by atoms with E-state index in [4.69, 9.17) is 22.0 Å². The molecule has 2 amide bonds. The summed E-state index contributed by atoms with van der Waals surface area (Å²) in [4.78, 5) is 105. The van der Waals surface area contributed by atoms with Crippen molar-refractivity contribution in [1.29, 1.82) is 0 Å². The fraction of sp³-hybridized carbons (Fsp3) is 0.742. The molecule has 0 aliphatic heterocycles. The Balaban J connectivity index is 5.88. The molecule has 0 aromatic carbocycles. The third-order valence-corrected chi connectivity index (χ3v) is 7.04. The topological polar surface area (TPSA) is 328 Å². The average molecular weight is 731 g/mol. The standard InChI is InChI=1S/C31H58N10O10/c1-6-10-51-41-22(13-25(32)44)29(49)28(48)21(12-18(4)5)39-38-20(8-7-9-35-31(33)34)27(47)24(43)15-36-30(50)23(14-26(45)46)40-37-19(16-42)11-17(2)3/h16-23,31,35,37-41H,6-15,33-34H2,1-5H3,(H2,32,44)(H,36,50)(H,45,46)/t19-,20-,21-,22-,23-/m0/s1. The molecule has 0 fully saturated rings. The molecule has 0 spiro atoms. The zero-order chi connectivity index (χ0) is 39.1. The Kier molecular flexibility index (Phi) is 24.4. The third-order valence-electron chi connectivity index (χ3n) is 7.04. The number of amides is 2. The number of hydrogen-bond acceptors (Lipinski definition) is 17. The van der Waals surface area contributed by atoms with Gasteiger partial charge in [0.25, 0.3) is 0 Å². The Morgan fingerprint density at radius 1 is 0.784 bits per heavy atom. The van der Waals surface area contributed by atoms with Crippen LogP contribution in [0.4, 0.5) is 0 Å². The Morgan fingerprint density at radius 2 is 1.37 bits per heavy atom. The first-order valence-corrected chi connectivity index (χ1v) is 16.9. The van der Waals surface area contributed by atoms with E-state index >= 15 is 0 Å². The van der Waals surface area contributed by atoms with Crippen molar-refractivity contribution >= 4 is 47.2 Å². The van der Waals surface area contributed by atoms with Crippen LogP contribution in [-0.2, 0) is 43.2 Å². The van der Waals surface area contributed by atoms with E-state index in [0.29, 0.717) is 19.1 Å². The van der Waals surface area contributed by atoms with Crippen molar-refractivity contribution in [2.75, 3.05) is 19.7 Å². The van der Waals surface area contributed by atoms with Crippen LogP contribution in [0.2, 0.25) is 0 Å². The van der Waals surface area contributed by atoms with Gasteiger partial charge in [-0.2, -0.15) is 5.48 Å². The SMILES string of the molecule is CCCON[C@@H](CC(N)=O)C(=O)C(=O)[C@H](CC(C)C)NN[C@@H](CCCNC(N)N)C(=O)C(=O)CNC(=O)[C@H](CC(=O)O)NN[C@H](C=O)CC(C)C. The highest BCUT2D eigenvalue weighted by atomic mass is 16.6. The Bertz CT molecular complexity index is 1150. The molecule has 0 heterocycles. The van der Waals surface area contributed by atoms with Crippen LogP contribution in [0.5, 0.6) is 0 Å². The lowest BCUT2D eigenvalue weighted by atomic mass is 9.95. The first kappa shape index (κ1) is 47.4. The molecule has 20 nitrogen and oxygen atoms in total. The number of nitrogens with one attached hydrogen (secondary N) is 7. The van der Waals surface area contributed by atoms with E-state index in [1.807, 2.05) is 20.8 Å². The van der Waals surface area contributed by atoms with Crippen molar-refractivity contribution in [3.63, 3.8) is 0 Å². The molecule has 0 aliphatic carbocycles. The van der Waals surface area contributed by atoms with Gasteiger partial charge in [0, 0.05) is 0 Å².